The van der Waals surface area contributed by atoms with E-state index in [0.29, 0.717) is 12.0 Å². The standard InChI is InChI=1S/C26H40N2O2/c1-8-21-11-9-12-22(16-21)17-28(23(15-20(2)3)18-27(4)5)19-24-25(29-6)13-10-14-26(24)30-7/h9-14,16,20,23H,8,15,17-19H2,1-7H3/t23-/m0/s1. The summed E-state index contributed by atoms with van der Waals surface area (Å²) in [6.07, 6.45) is 2.20. The zero-order chi connectivity index (χ0) is 22.1. The summed E-state index contributed by atoms with van der Waals surface area (Å²) in [4.78, 5) is 4.89. The van der Waals surface area contributed by atoms with Crippen molar-refractivity contribution < 1.29 is 9.47 Å². The first kappa shape index (κ1) is 24.2. The summed E-state index contributed by atoms with van der Waals surface area (Å²) in [5, 5.41) is 0. The summed E-state index contributed by atoms with van der Waals surface area (Å²) < 4.78 is 11.4. The number of benzene rings is 2. The lowest BCUT2D eigenvalue weighted by atomic mass is 9.99. The second-order valence-electron chi connectivity index (χ2n) is 8.77. The van der Waals surface area contributed by atoms with Crippen molar-refractivity contribution in [2.75, 3.05) is 34.9 Å². The molecule has 1 atom stereocenters. The van der Waals surface area contributed by atoms with E-state index in [4.69, 9.17) is 9.47 Å². The number of likely N-dealkylation sites (N-methyl/N-ethyl adjacent to an activating group) is 1. The molecule has 0 fully saturated rings. The molecule has 0 aromatic heterocycles. The molecule has 4 nitrogen and oxygen atoms in total. The smallest absolute Gasteiger partial charge is 0.127 e. The van der Waals surface area contributed by atoms with Gasteiger partial charge in [0.1, 0.15) is 11.5 Å². The molecule has 0 spiro atoms. The molecule has 0 aliphatic heterocycles. The van der Waals surface area contributed by atoms with Gasteiger partial charge in [-0.25, -0.2) is 0 Å². The van der Waals surface area contributed by atoms with Crippen LogP contribution in [0.15, 0.2) is 42.5 Å². The van der Waals surface area contributed by atoms with Crippen molar-refractivity contribution in [2.24, 2.45) is 5.92 Å². The zero-order valence-electron chi connectivity index (χ0n) is 19.9. The Hall–Kier alpha value is -2.04. The van der Waals surface area contributed by atoms with Gasteiger partial charge >= 0.3 is 0 Å². The molecule has 0 amide bonds. The number of ether oxygens (including phenoxy) is 2. The van der Waals surface area contributed by atoms with Crippen LogP contribution in [0.4, 0.5) is 0 Å². The lowest BCUT2D eigenvalue weighted by Gasteiger charge is -2.35. The van der Waals surface area contributed by atoms with E-state index in [-0.39, 0.29) is 0 Å². The summed E-state index contributed by atoms with van der Waals surface area (Å²) >= 11 is 0. The highest BCUT2D eigenvalue weighted by atomic mass is 16.5. The molecule has 0 aliphatic rings. The van der Waals surface area contributed by atoms with Crippen molar-refractivity contribution >= 4 is 0 Å². The van der Waals surface area contributed by atoms with Crippen molar-refractivity contribution in [3.63, 3.8) is 0 Å². The van der Waals surface area contributed by atoms with E-state index in [0.717, 1.165) is 49.5 Å². The van der Waals surface area contributed by atoms with Crippen molar-refractivity contribution in [1.82, 2.24) is 9.80 Å². The SMILES string of the molecule is CCc1cccc(CN(Cc2c(OC)cccc2OC)[C@@H](CC(C)C)CN(C)C)c1. The first-order chi connectivity index (χ1) is 14.4. The highest BCUT2D eigenvalue weighted by molar-refractivity contribution is 5.44. The van der Waals surface area contributed by atoms with Crippen LogP contribution in [0.3, 0.4) is 0 Å². The Balaban J connectivity index is 2.43. The molecule has 2 aromatic rings. The first-order valence-corrected chi connectivity index (χ1v) is 11.0. The largest absolute Gasteiger partial charge is 0.496 e. The average Bonchev–Trinajstić information content (AvgIpc) is 2.72. The molecule has 0 saturated heterocycles. The number of methoxy groups -OCH3 is 2. The van der Waals surface area contributed by atoms with Gasteiger partial charge in [0, 0.05) is 25.7 Å². The van der Waals surface area contributed by atoms with Crippen LogP contribution >= 0.6 is 0 Å². The fraction of sp³-hybridized carbons (Fsp3) is 0.538. The second-order valence-corrected chi connectivity index (χ2v) is 8.77. The lowest BCUT2D eigenvalue weighted by molar-refractivity contribution is 0.125. The predicted octanol–water partition coefficient (Wildman–Crippen LogP) is 5.24. The maximum Gasteiger partial charge on any atom is 0.127 e. The zero-order valence-corrected chi connectivity index (χ0v) is 19.9. The lowest BCUT2D eigenvalue weighted by Crippen LogP contribution is -2.42. The fourth-order valence-electron chi connectivity index (χ4n) is 4.09. The Morgan fingerprint density at radius 1 is 0.867 bits per heavy atom. The fourth-order valence-corrected chi connectivity index (χ4v) is 4.09. The molecule has 0 radical (unpaired) electrons. The van der Waals surface area contributed by atoms with Crippen LogP contribution in [0.2, 0.25) is 0 Å². The molecule has 2 rings (SSSR count). The molecular weight excluding hydrogens is 372 g/mol. The Morgan fingerprint density at radius 3 is 2.00 bits per heavy atom. The van der Waals surface area contributed by atoms with Gasteiger partial charge in [-0.1, -0.05) is 51.1 Å². The van der Waals surface area contributed by atoms with Gasteiger partial charge in [0.15, 0.2) is 0 Å². The Labute approximate surface area is 183 Å². The van der Waals surface area contributed by atoms with Crippen LogP contribution in [0.25, 0.3) is 0 Å². The van der Waals surface area contributed by atoms with E-state index in [9.17, 15) is 0 Å². The topological polar surface area (TPSA) is 24.9 Å². The number of aryl methyl sites for hydroxylation is 1. The molecule has 0 bridgehead atoms. The Bertz CT molecular complexity index is 741. The van der Waals surface area contributed by atoms with Gasteiger partial charge in [0.25, 0.3) is 0 Å². The third-order valence-electron chi connectivity index (χ3n) is 5.51. The van der Waals surface area contributed by atoms with Gasteiger partial charge in [-0.2, -0.15) is 0 Å². The van der Waals surface area contributed by atoms with Crippen LogP contribution in [0.5, 0.6) is 11.5 Å². The highest BCUT2D eigenvalue weighted by Crippen LogP contribution is 2.31. The minimum atomic E-state index is 0.430. The monoisotopic (exact) mass is 412 g/mol. The van der Waals surface area contributed by atoms with Gasteiger partial charge in [0.2, 0.25) is 0 Å². The van der Waals surface area contributed by atoms with E-state index in [1.165, 1.54) is 11.1 Å². The summed E-state index contributed by atoms with van der Waals surface area (Å²) in [6, 6.07) is 15.4. The number of hydrogen-bond acceptors (Lipinski definition) is 4. The summed E-state index contributed by atoms with van der Waals surface area (Å²) in [5.74, 6) is 2.39. The maximum absolute atomic E-state index is 5.70. The van der Waals surface area contributed by atoms with Gasteiger partial charge in [0.05, 0.1) is 19.8 Å². The molecule has 0 N–H and O–H groups in total. The quantitative estimate of drug-likeness (QED) is 0.476. The van der Waals surface area contributed by atoms with E-state index in [2.05, 4.69) is 68.9 Å². The number of hydrogen-bond donors (Lipinski definition) is 0. The Morgan fingerprint density at radius 2 is 1.47 bits per heavy atom. The van der Waals surface area contributed by atoms with Crippen LogP contribution in [-0.2, 0) is 19.5 Å². The molecule has 2 aromatic carbocycles. The molecule has 0 heterocycles. The minimum absolute atomic E-state index is 0.430. The summed E-state index contributed by atoms with van der Waals surface area (Å²) in [6.45, 7) is 9.53. The third kappa shape index (κ3) is 7.03. The predicted molar refractivity (Wildman–Crippen MR) is 126 cm³/mol. The van der Waals surface area contributed by atoms with E-state index in [1.54, 1.807) is 14.2 Å². The molecular formula is C26H40N2O2. The first-order valence-electron chi connectivity index (χ1n) is 11.0. The van der Waals surface area contributed by atoms with E-state index >= 15 is 0 Å². The molecule has 4 heteroatoms. The number of nitrogens with zero attached hydrogens (tertiary/aromatic N) is 2. The van der Waals surface area contributed by atoms with Crippen LogP contribution < -0.4 is 9.47 Å². The van der Waals surface area contributed by atoms with E-state index in [1.807, 2.05) is 18.2 Å². The molecule has 0 saturated carbocycles. The van der Waals surface area contributed by atoms with Crippen LogP contribution in [-0.4, -0.2) is 50.7 Å². The maximum atomic E-state index is 5.70. The van der Waals surface area contributed by atoms with Crippen LogP contribution in [0, 0.1) is 5.92 Å². The van der Waals surface area contributed by atoms with Gasteiger partial charge in [-0.3, -0.25) is 4.90 Å². The number of rotatable bonds is 12. The normalized spacial score (nSPS) is 12.6. The van der Waals surface area contributed by atoms with Crippen molar-refractivity contribution in [3.05, 3.63) is 59.2 Å². The van der Waals surface area contributed by atoms with Crippen molar-refractivity contribution in [1.29, 1.82) is 0 Å². The molecule has 0 unspecified atom stereocenters. The average molecular weight is 413 g/mol. The van der Waals surface area contributed by atoms with E-state index < -0.39 is 0 Å². The third-order valence-corrected chi connectivity index (χ3v) is 5.51. The summed E-state index contributed by atoms with van der Waals surface area (Å²) in [7, 11) is 7.79. The minimum Gasteiger partial charge on any atom is -0.496 e. The second kappa shape index (κ2) is 12.0. The molecule has 0 aliphatic carbocycles. The van der Waals surface area contributed by atoms with Crippen LogP contribution in [0.1, 0.15) is 43.9 Å². The van der Waals surface area contributed by atoms with Gasteiger partial charge < -0.3 is 14.4 Å². The van der Waals surface area contributed by atoms with Crippen molar-refractivity contribution in [3.8, 4) is 11.5 Å². The highest BCUT2D eigenvalue weighted by Gasteiger charge is 2.24. The Kier molecular flexibility index (Phi) is 9.67. The molecule has 166 valence electrons. The van der Waals surface area contributed by atoms with Gasteiger partial charge in [-0.15, -0.1) is 0 Å². The molecule has 30 heavy (non-hydrogen) atoms. The van der Waals surface area contributed by atoms with Crippen molar-refractivity contribution in [2.45, 2.75) is 52.7 Å². The van der Waals surface area contributed by atoms with Gasteiger partial charge in [-0.05, 0) is 56.1 Å². The summed E-state index contributed by atoms with van der Waals surface area (Å²) in [5.41, 5.74) is 3.85.